The Hall–Kier alpha value is -3.60. The summed E-state index contributed by atoms with van der Waals surface area (Å²) in [5, 5.41) is 2.91. The number of aromatic amines is 1. The molecule has 0 spiro atoms. The number of carbonyl (C=O) groups excluding carboxylic acids is 1. The molecule has 32 heavy (non-hydrogen) atoms. The number of pyridine rings is 1. The average Bonchev–Trinajstić information content (AvgIpc) is 3.05. The molecule has 0 fully saturated rings. The number of aromatic nitrogens is 1. The van der Waals surface area contributed by atoms with Crippen molar-refractivity contribution in [3.8, 4) is 5.75 Å². The molecule has 0 saturated carbocycles. The predicted octanol–water partition coefficient (Wildman–Crippen LogP) is 4.81. The van der Waals surface area contributed by atoms with Crippen LogP contribution >= 0.6 is 0 Å². The van der Waals surface area contributed by atoms with Crippen molar-refractivity contribution < 1.29 is 9.53 Å². The monoisotopic (exact) mass is 428 g/mol. The molecule has 1 aromatic heterocycles. The second kappa shape index (κ2) is 8.50. The molecular weight excluding hydrogens is 400 g/mol. The van der Waals surface area contributed by atoms with Gasteiger partial charge in [0.25, 0.3) is 11.5 Å². The molecule has 2 heterocycles. The summed E-state index contributed by atoms with van der Waals surface area (Å²) in [7, 11) is 0. The first-order chi connectivity index (χ1) is 15.2. The van der Waals surface area contributed by atoms with Crippen LogP contribution in [-0.4, -0.2) is 16.5 Å². The van der Waals surface area contributed by atoms with Crippen molar-refractivity contribution in [1.29, 1.82) is 0 Å². The van der Waals surface area contributed by atoms with Crippen LogP contribution in [0.3, 0.4) is 0 Å². The van der Waals surface area contributed by atoms with Crippen LogP contribution in [0, 0.1) is 13.8 Å². The minimum atomic E-state index is -0.320. The molecule has 0 radical (unpaired) electrons. The lowest BCUT2D eigenvalue weighted by Gasteiger charge is -2.17. The lowest BCUT2D eigenvalue weighted by Crippen LogP contribution is -2.28. The van der Waals surface area contributed by atoms with E-state index in [0.29, 0.717) is 11.1 Å². The van der Waals surface area contributed by atoms with Crippen LogP contribution in [0.1, 0.15) is 57.7 Å². The first-order valence-electron chi connectivity index (χ1n) is 10.8. The molecule has 0 atom stereocenters. The highest BCUT2D eigenvalue weighted by molar-refractivity contribution is 5.96. The van der Waals surface area contributed by atoms with Crippen LogP contribution in [0.5, 0.6) is 5.75 Å². The van der Waals surface area contributed by atoms with Crippen LogP contribution < -0.4 is 15.6 Å². The minimum absolute atomic E-state index is 0.168. The zero-order valence-corrected chi connectivity index (χ0v) is 18.9. The van der Waals surface area contributed by atoms with Gasteiger partial charge in [-0.15, -0.1) is 0 Å². The summed E-state index contributed by atoms with van der Waals surface area (Å²) in [6, 6.07) is 15.7. The molecule has 3 aromatic rings. The van der Waals surface area contributed by atoms with E-state index in [4.69, 9.17) is 4.74 Å². The Kier molecular flexibility index (Phi) is 5.74. The fraction of sp³-hybridized carbons (Fsp3) is 0.259. The van der Waals surface area contributed by atoms with Crippen molar-refractivity contribution in [1.82, 2.24) is 10.3 Å². The maximum atomic E-state index is 13.0. The first-order valence-corrected chi connectivity index (χ1v) is 10.8. The first kappa shape index (κ1) is 21.6. The lowest BCUT2D eigenvalue weighted by atomic mass is 9.97. The average molecular weight is 429 g/mol. The summed E-state index contributed by atoms with van der Waals surface area (Å²) in [5.74, 6) is 0.607. The van der Waals surface area contributed by atoms with E-state index in [9.17, 15) is 9.59 Å². The van der Waals surface area contributed by atoms with Gasteiger partial charge < -0.3 is 15.0 Å². The molecule has 164 valence electrons. The fourth-order valence-electron chi connectivity index (χ4n) is 4.12. The quantitative estimate of drug-likeness (QED) is 0.573. The number of aryl methyl sites for hydroxylation is 2. The number of amides is 1. The second-order valence-corrected chi connectivity index (χ2v) is 8.96. The molecule has 0 unspecified atom stereocenters. The van der Waals surface area contributed by atoms with Gasteiger partial charge in [-0.05, 0) is 62.6 Å². The summed E-state index contributed by atoms with van der Waals surface area (Å²) in [6.07, 6.45) is 4.73. The summed E-state index contributed by atoms with van der Waals surface area (Å²) in [4.78, 5) is 28.1. The molecule has 5 heteroatoms. The summed E-state index contributed by atoms with van der Waals surface area (Å²) in [6.45, 7) is 7.99. The second-order valence-electron chi connectivity index (χ2n) is 8.96. The van der Waals surface area contributed by atoms with Crippen molar-refractivity contribution in [2.75, 3.05) is 0 Å². The van der Waals surface area contributed by atoms with Gasteiger partial charge in [-0.1, -0.05) is 42.5 Å². The highest BCUT2D eigenvalue weighted by atomic mass is 16.5. The van der Waals surface area contributed by atoms with E-state index >= 15 is 0 Å². The van der Waals surface area contributed by atoms with Crippen molar-refractivity contribution in [2.24, 2.45) is 0 Å². The smallest absolute Gasteiger partial charge is 0.253 e. The van der Waals surface area contributed by atoms with Gasteiger partial charge in [-0.3, -0.25) is 9.59 Å². The van der Waals surface area contributed by atoms with Crippen LogP contribution in [0.25, 0.3) is 12.2 Å². The standard InChI is InChI=1S/C27H28N2O3/c1-17-12-18(2)29-26(31)23(17)16-28-25(30)21-13-20(11-10-19-8-6-5-7-9-19)24-22(14-21)15-27(3,4)32-24/h5-14H,15-16H2,1-4H3,(H,28,30)(H,29,31). The van der Waals surface area contributed by atoms with E-state index in [1.165, 1.54) is 0 Å². The highest BCUT2D eigenvalue weighted by Gasteiger charge is 2.32. The lowest BCUT2D eigenvalue weighted by molar-refractivity contribution is 0.0950. The Balaban J connectivity index is 1.62. The Morgan fingerprint density at radius 1 is 1.12 bits per heavy atom. The van der Waals surface area contributed by atoms with Crippen LogP contribution in [0.15, 0.2) is 53.3 Å². The van der Waals surface area contributed by atoms with Crippen molar-refractivity contribution in [3.63, 3.8) is 0 Å². The van der Waals surface area contributed by atoms with Gasteiger partial charge >= 0.3 is 0 Å². The molecule has 4 rings (SSSR count). The van der Waals surface area contributed by atoms with Crippen LogP contribution in [0.4, 0.5) is 0 Å². The molecule has 0 aliphatic carbocycles. The van der Waals surface area contributed by atoms with Gasteiger partial charge in [-0.25, -0.2) is 0 Å². The SMILES string of the molecule is Cc1cc(C)c(CNC(=O)c2cc(C=Cc3ccccc3)c3c(c2)CC(C)(C)O3)c(=O)[nH]1. The molecule has 2 N–H and O–H groups in total. The van der Waals surface area contributed by atoms with Gasteiger partial charge in [0.1, 0.15) is 11.4 Å². The molecule has 0 saturated heterocycles. The number of hydrogen-bond acceptors (Lipinski definition) is 3. The molecule has 1 amide bonds. The third-order valence-electron chi connectivity index (χ3n) is 5.63. The predicted molar refractivity (Wildman–Crippen MR) is 128 cm³/mol. The number of H-pyrrole nitrogens is 1. The Morgan fingerprint density at radius 3 is 2.59 bits per heavy atom. The number of benzene rings is 2. The normalized spacial score (nSPS) is 14.2. The van der Waals surface area contributed by atoms with E-state index in [0.717, 1.165) is 40.1 Å². The molecule has 0 bridgehead atoms. The molecule has 5 nitrogen and oxygen atoms in total. The van der Waals surface area contributed by atoms with Crippen molar-refractivity contribution in [3.05, 3.63) is 98.0 Å². The maximum absolute atomic E-state index is 13.0. The number of hydrogen-bond donors (Lipinski definition) is 2. The Labute approximate surface area is 188 Å². The van der Waals surface area contributed by atoms with Crippen molar-refractivity contribution >= 4 is 18.1 Å². The largest absolute Gasteiger partial charge is 0.487 e. The maximum Gasteiger partial charge on any atom is 0.253 e. The van der Waals surface area contributed by atoms with Crippen LogP contribution in [-0.2, 0) is 13.0 Å². The van der Waals surface area contributed by atoms with E-state index in [-0.39, 0.29) is 23.6 Å². The molecule has 2 aromatic carbocycles. The number of ether oxygens (including phenoxy) is 1. The van der Waals surface area contributed by atoms with Gasteiger partial charge in [0.2, 0.25) is 0 Å². The number of rotatable bonds is 5. The van der Waals surface area contributed by atoms with E-state index in [2.05, 4.69) is 10.3 Å². The summed E-state index contributed by atoms with van der Waals surface area (Å²) in [5.41, 5.74) is 5.25. The van der Waals surface area contributed by atoms with E-state index in [1.807, 2.05) is 88.4 Å². The van der Waals surface area contributed by atoms with Crippen LogP contribution in [0.2, 0.25) is 0 Å². The van der Waals surface area contributed by atoms with Gasteiger partial charge in [-0.2, -0.15) is 0 Å². The third-order valence-corrected chi connectivity index (χ3v) is 5.63. The van der Waals surface area contributed by atoms with E-state index in [1.54, 1.807) is 0 Å². The topological polar surface area (TPSA) is 71.2 Å². The number of carbonyl (C=O) groups is 1. The third kappa shape index (κ3) is 4.67. The summed E-state index contributed by atoms with van der Waals surface area (Å²) < 4.78 is 6.19. The van der Waals surface area contributed by atoms with E-state index < -0.39 is 0 Å². The Bertz CT molecular complexity index is 1250. The zero-order chi connectivity index (χ0) is 22.9. The minimum Gasteiger partial charge on any atom is -0.487 e. The van der Waals surface area contributed by atoms with Crippen molar-refractivity contribution in [2.45, 2.75) is 46.3 Å². The zero-order valence-electron chi connectivity index (χ0n) is 18.9. The van der Waals surface area contributed by atoms with Gasteiger partial charge in [0.15, 0.2) is 0 Å². The Morgan fingerprint density at radius 2 is 1.88 bits per heavy atom. The highest BCUT2D eigenvalue weighted by Crippen LogP contribution is 2.39. The molecular formula is C27H28N2O3. The molecule has 1 aliphatic heterocycles. The number of nitrogens with one attached hydrogen (secondary N) is 2. The number of fused-ring (bicyclic) bond motifs is 1. The molecule has 1 aliphatic rings. The van der Waals surface area contributed by atoms with Gasteiger partial charge in [0, 0.05) is 35.3 Å². The van der Waals surface area contributed by atoms with Gasteiger partial charge in [0.05, 0.1) is 0 Å². The fourth-order valence-corrected chi connectivity index (χ4v) is 4.12. The summed E-state index contributed by atoms with van der Waals surface area (Å²) >= 11 is 0.